The molecule has 0 atom stereocenters. The number of halogens is 2. The van der Waals surface area contributed by atoms with Gasteiger partial charge in [0.15, 0.2) is 0 Å². The Kier molecular flexibility index (Phi) is 8.01. The number of benzene rings is 3. The molecule has 7 heteroatoms. The van der Waals surface area contributed by atoms with E-state index in [0.29, 0.717) is 45.0 Å². The minimum absolute atomic E-state index is 0.209. The van der Waals surface area contributed by atoms with Crippen LogP contribution in [-0.4, -0.2) is 18.5 Å². The molecule has 196 valence electrons. The summed E-state index contributed by atoms with van der Waals surface area (Å²) >= 11 is 12.2. The minimum atomic E-state index is -0.377. The smallest absolute Gasteiger partial charge is 0.338 e. The summed E-state index contributed by atoms with van der Waals surface area (Å²) in [4.78, 5) is 27.7. The number of anilines is 1. The highest BCUT2D eigenvalue weighted by atomic mass is 35.5. The molecule has 1 aromatic heterocycles. The van der Waals surface area contributed by atoms with Crippen LogP contribution in [0, 0.1) is 0 Å². The van der Waals surface area contributed by atoms with Crippen LogP contribution in [0.1, 0.15) is 41.4 Å². The van der Waals surface area contributed by atoms with E-state index < -0.39 is 0 Å². The van der Waals surface area contributed by atoms with Crippen molar-refractivity contribution in [3.05, 3.63) is 124 Å². The zero-order valence-corrected chi connectivity index (χ0v) is 22.7. The molecule has 0 saturated carbocycles. The molecule has 0 N–H and O–H groups in total. The van der Waals surface area contributed by atoms with E-state index in [1.165, 1.54) is 0 Å². The first-order valence-corrected chi connectivity index (χ1v) is 13.4. The normalized spacial score (nSPS) is 14.1. The Hall–Kier alpha value is -4.06. The van der Waals surface area contributed by atoms with E-state index in [0.717, 1.165) is 29.7 Å². The van der Waals surface area contributed by atoms with Crippen LogP contribution in [0.3, 0.4) is 0 Å². The molecule has 1 aliphatic heterocycles. The summed E-state index contributed by atoms with van der Waals surface area (Å²) < 4.78 is 11.3. The molecular weight excluding hydrogens is 533 g/mol. The van der Waals surface area contributed by atoms with E-state index in [-0.39, 0.29) is 11.9 Å². The molecule has 1 amide bonds. The average Bonchev–Trinajstić information content (AvgIpc) is 3.55. The molecule has 1 aliphatic rings. The Morgan fingerprint density at radius 2 is 1.69 bits per heavy atom. The lowest BCUT2D eigenvalue weighted by Gasteiger charge is -2.21. The molecule has 4 aromatic rings. The highest BCUT2D eigenvalue weighted by Crippen LogP contribution is 2.36. The lowest BCUT2D eigenvalue weighted by atomic mass is 10.1. The maximum absolute atomic E-state index is 13.7. The van der Waals surface area contributed by atoms with Crippen molar-refractivity contribution in [3.8, 4) is 11.3 Å². The van der Waals surface area contributed by atoms with Gasteiger partial charge in [0.2, 0.25) is 0 Å². The zero-order chi connectivity index (χ0) is 27.4. The summed E-state index contributed by atoms with van der Waals surface area (Å²) in [5.74, 6) is 0.545. The maximum atomic E-state index is 13.7. The summed E-state index contributed by atoms with van der Waals surface area (Å²) in [6.45, 7) is 2.42. The molecule has 0 fully saturated rings. The fourth-order valence-corrected chi connectivity index (χ4v) is 4.52. The summed E-state index contributed by atoms with van der Waals surface area (Å²) in [7, 11) is 0. The standard InChI is InChI=1S/C32H25Cl2NO4/c1-2-3-17-38-32(37)22-9-12-25(13-10-22)35-29(21-7-5-4-6-8-21)20-24(31(35)36)18-26-14-16-30(39-26)23-11-15-27(33)28(34)19-23/h4-16,18-20H,2-3,17H2,1H3/b24-18-. The van der Waals surface area contributed by atoms with Crippen LogP contribution in [0.2, 0.25) is 10.0 Å². The Morgan fingerprint density at radius 1 is 0.923 bits per heavy atom. The summed E-state index contributed by atoms with van der Waals surface area (Å²) in [5, 5.41) is 0.897. The number of nitrogens with zero attached hydrogens (tertiary/aromatic N) is 1. The van der Waals surface area contributed by atoms with Crippen LogP contribution >= 0.6 is 23.2 Å². The monoisotopic (exact) mass is 557 g/mol. The highest BCUT2D eigenvalue weighted by Gasteiger charge is 2.31. The number of rotatable bonds is 8. The third-order valence-corrected chi connectivity index (χ3v) is 7.01. The van der Waals surface area contributed by atoms with Crippen LogP contribution in [0.25, 0.3) is 23.1 Å². The largest absolute Gasteiger partial charge is 0.462 e. The van der Waals surface area contributed by atoms with Gasteiger partial charge >= 0.3 is 5.97 Å². The number of carbonyl (C=O) groups is 2. The van der Waals surface area contributed by atoms with Gasteiger partial charge in [0.25, 0.3) is 5.91 Å². The van der Waals surface area contributed by atoms with E-state index in [1.807, 2.05) is 55.5 Å². The van der Waals surface area contributed by atoms with Crippen molar-refractivity contribution in [2.45, 2.75) is 19.8 Å². The minimum Gasteiger partial charge on any atom is -0.462 e. The van der Waals surface area contributed by atoms with Gasteiger partial charge < -0.3 is 9.15 Å². The third-order valence-electron chi connectivity index (χ3n) is 6.27. The first kappa shape index (κ1) is 26.5. The number of hydrogen-bond donors (Lipinski definition) is 0. The molecule has 0 saturated heterocycles. The number of esters is 1. The molecule has 0 radical (unpaired) electrons. The first-order valence-electron chi connectivity index (χ1n) is 12.6. The molecule has 2 heterocycles. The van der Waals surface area contributed by atoms with E-state index in [1.54, 1.807) is 53.4 Å². The molecule has 5 nitrogen and oxygen atoms in total. The second-order valence-corrected chi connectivity index (χ2v) is 9.82. The van der Waals surface area contributed by atoms with E-state index >= 15 is 0 Å². The lowest BCUT2D eigenvalue weighted by molar-refractivity contribution is -0.113. The van der Waals surface area contributed by atoms with E-state index in [9.17, 15) is 9.59 Å². The highest BCUT2D eigenvalue weighted by molar-refractivity contribution is 6.42. The van der Waals surface area contributed by atoms with Gasteiger partial charge in [-0.3, -0.25) is 9.69 Å². The SMILES string of the molecule is CCCCOC(=O)c1ccc(N2C(=O)/C(=C\c3ccc(-c4ccc(Cl)c(Cl)c4)o3)C=C2c2ccccc2)cc1. The second-order valence-electron chi connectivity index (χ2n) is 9.00. The van der Waals surface area contributed by atoms with Crippen molar-refractivity contribution in [2.75, 3.05) is 11.5 Å². The number of amides is 1. The quantitative estimate of drug-likeness (QED) is 0.123. The Bertz CT molecular complexity index is 1570. The van der Waals surface area contributed by atoms with E-state index in [2.05, 4.69) is 0 Å². The van der Waals surface area contributed by atoms with Crippen molar-refractivity contribution >= 4 is 52.5 Å². The first-order chi connectivity index (χ1) is 18.9. The van der Waals surface area contributed by atoms with Gasteiger partial charge in [-0.15, -0.1) is 0 Å². The topological polar surface area (TPSA) is 59.8 Å². The summed E-state index contributed by atoms with van der Waals surface area (Å²) in [6, 6.07) is 25.4. The third kappa shape index (κ3) is 5.85. The Balaban J connectivity index is 1.45. The van der Waals surface area contributed by atoms with Crippen LogP contribution in [0.5, 0.6) is 0 Å². The van der Waals surface area contributed by atoms with Gasteiger partial charge in [0, 0.05) is 16.8 Å². The molecule has 0 aliphatic carbocycles. The summed E-state index contributed by atoms with van der Waals surface area (Å²) in [6.07, 6.45) is 5.32. The molecule has 3 aromatic carbocycles. The number of unbranched alkanes of at least 4 members (excludes halogenated alkanes) is 1. The number of hydrogen-bond acceptors (Lipinski definition) is 4. The average molecular weight is 558 g/mol. The van der Waals surface area contributed by atoms with Gasteiger partial charge in [-0.2, -0.15) is 0 Å². The molecule has 0 spiro atoms. The molecule has 0 unspecified atom stereocenters. The van der Waals surface area contributed by atoms with Crippen molar-refractivity contribution < 1.29 is 18.7 Å². The lowest BCUT2D eigenvalue weighted by Crippen LogP contribution is -2.25. The van der Waals surface area contributed by atoms with Crippen LogP contribution in [-0.2, 0) is 9.53 Å². The Morgan fingerprint density at radius 3 is 2.41 bits per heavy atom. The van der Waals surface area contributed by atoms with E-state index in [4.69, 9.17) is 32.4 Å². The van der Waals surface area contributed by atoms with Gasteiger partial charge in [0.05, 0.1) is 27.9 Å². The van der Waals surface area contributed by atoms with Crippen molar-refractivity contribution in [2.24, 2.45) is 0 Å². The second kappa shape index (κ2) is 11.8. The van der Waals surface area contributed by atoms with Crippen molar-refractivity contribution in [1.29, 1.82) is 0 Å². The van der Waals surface area contributed by atoms with Crippen LogP contribution in [0.15, 0.2) is 101 Å². The predicted octanol–water partition coefficient (Wildman–Crippen LogP) is 8.68. The predicted molar refractivity (Wildman–Crippen MR) is 156 cm³/mol. The molecule has 5 rings (SSSR count). The van der Waals surface area contributed by atoms with Gasteiger partial charge in [-0.25, -0.2) is 4.79 Å². The maximum Gasteiger partial charge on any atom is 0.338 e. The number of furan rings is 1. The van der Waals surface area contributed by atoms with Crippen LogP contribution in [0.4, 0.5) is 5.69 Å². The van der Waals surface area contributed by atoms with Crippen molar-refractivity contribution in [1.82, 2.24) is 0 Å². The van der Waals surface area contributed by atoms with Crippen LogP contribution < -0.4 is 4.90 Å². The molecule has 39 heavy (non-hydrogen) atoms. The summed E-state index contributed by atoms with van der Waals surface area (Å²) in [5.41, 5.74) is 3.93. The van der Waals surface area contributed by atoms with Crippen molar-refractivity contribution in [3.63, 3.8) is 0 Å². The fraction of sp³-hybridized carbons (Fsp3) is 0.125. The number of carbonyl (C=O) groups excluding carboxylic acids is 2. The fourth-order valence-electron chi connectivity index (χ4n) is 4.22. The van der Waals surface area contributed by atoms with Gasteiger partial charge in [-0.05, 0) is 78.7 Å². The molecular formula is C32H25Cl2NO4. The zero-order valence-electron chi connectivity index (χ0n) is 21.2. The number of ether oxygens (including phenoxy) is 1. The van der Waals surface area contributed by atoms with Gasteiger partial charge in [0.1, 0.15) is 11.5 Å². The Labute approximate surface area is 236 Å². The van der Waals surface area contributed by atoms with Gasteiger partial charge in [-0.1, -0.05) is 66.9 Å². The molecule has 0 bridgehead atoms.